The van der Waals surface area contributed by atoms with Gasteiger partial charge in [-0.15, -0.1) is 0 Å². The molecule has 2 atom stereocenters. The van der Waals surface area contributed by atoms with Gasteiger partial charge in [-0.3, -0.25) is 0 Å². The summed E-state index contributed by atoms with van der Waals surface area (Å²) in [6, 6.07) is 9.10. The average Bonchev–Trinajstić information content (AvgIpc) is 3.18. The van der Waals surface area contributed by atoms with E-state index in [-0.39, 0.29) is 10.8 Å². The Morgan fingerprint density at radius 2 is 1.79 bits per heavy atom. The topological polar surface area (TPSA) is 0 Å². The average molecular weight is 379 g/mol. The van der Waals surface area contributed by atoms with Crippen molar-refractivity contribution in [2.45, 2.75) is 45.4 Å². The molecule has 0 heteroatoms. The van der Waals surface area contributed by atoms with Gasteiger partial charge in [0.1, 0.15) is 0 Å². The van der Waals surface area contributed by atoms with Gasteiger partial charge in [0, 0.05) is 11.3 Å². The van der Waals surface area contributed by atoms with Gasteiger partial charge in [0.25, 0.3) is 0 Å². The molecule has 0 saturated heterocycles. The molecule has 0 bridgehead atoms. The molecule has 4 aliphatic carbocycles. The summed E-state index contributed by atoms with van der Waals surface area (Å²) in [5.74, 6) is 0.466. The summed E-state index contributed by atoms with van der Waals surface area (Å²) in [5, 5.41) is 0. The molecule has 0 saturated carbocycles. The van der Waals surface area contributed by atoms with Crippen LogP contribution in [0.25, 0.3) is 0 Å². The summed E-state index contributed by atoms with van der Waals surface area (Å²) < 4.78 is 0. The van der Waals surface area contributed by atoms with E-state index in [9.17, 15) is 0 Å². The molecule has 4 aliphatic rings. The first-order chi connectivity index (χ1) is 14.0. The summed E-state index contributed by atoms with van der Waals surface area (Å²) in [4.78, 5) is 0. The molecular formula is C29H30. The second-order valence-corrected chi connectivity index (χ2v) is 9.47. The zero-order chi connectivity index (χ0) is 20.4. The highest BCUT2D eigenvalue weighted by molar-refractivity contribution is 5.73. The maximum atomic E-state index is 4.35. The molecule has 0 N–H and O–H groups in total. The van der Waals surface area contributed by atoms with Crippen LogP contribution in [0.15, 0.2) is 107 Å². The second kappa shape index (κ2) is 6.20. The van der Waals surface area contributed by atoms with Crippen LogP contribution < -0.4 is 0 Å². The summed E-state index contributed by atoms with van der Waals surface area (Å²) in [6.07, 6.45) is 17.1. The molecule has 29 heavy (non-hydrogen) atoms. The second-order valence-electron chi connectivity index (χ2n) is 9.47. The number of allylic oxidation sites excluding steroid dienone is 12. The van der Waals surface area contributed by atoms with E-state index in [1.54, 1.807) is 5.57 Å². The SMILES string of the molecule is C=CC1=C(C=C)C2(C3=CC=CC3Cc3ccccc32)C2=C(C=C(C)CC2)C1(C)C. The van der Waals surface area contributed by atoms with Crippen molar-refractivity contribution in [3.8, 4) is 0 Å². The van der Waals surface area contributed by atoms with Crippen molar-refractivity contribution >= 4 is 0 Å². The van der Waals surface area contributed by atoms with Gasteiger partial charge in [0.2, 0.25) is 0 Å². The Morgan fingerprint density at radius 1 is 1.03 bits per heavy atom. The highest BCUT2D eigenvalue weighted by Crippen LogP contribution is 2.63. The van der Waals surface area contributed by atoms with Crippen molar-refractivity contribution in [3.63, 3.8) is 0 Å². The van der Waals surface area contributed by atoms with Crippen LogP contribution in [0.4, 0.5) is 0 Å². The van der Waals surface area contributed by atoms with Gasteiger partial charge >= 0.3 is 0 Å². The molecule has 0 aromatic heterocycles. The fourth-order valence-electron chi connectivity index (χ4n) is 6.48. The summed E-state index contributed by atoms with van der Waals surface area (Å²) in [7, 11) is 0. The van der Waals surface area contributed by atoms with E-state index < -0.39 is 0 Å². The maximum absolute atomic E-state index is 4.35. The zero-order valence-corrected chi connectivity index (χ0v) is 17.9. The monoisotopic (exact) mass is 378 g/mol. The molecule has 0 aliphatic heterocycles. The van der Waals surface area contributed by atoms with Crippen molar-refractivity contribution in [1.29, 1.82) is 0 Å². The Morgan fingerprint density at radius 3 is 2.55 bits per heavy atom. The third kappa shape index (κ3) is 2.21. The molecule has 0 fully saturated rings. The minimum atomic E-state index is -0.212. The summed E-state index contributed by atoms with van der Waals surface area (Å²) >= 11 is 0. The standard InChI is InChI=1S/C29H30/c1-6-22-23(7-2)29(26-16-15-19(3)17-27(26)28(22,4)5)24-13-9-8-11-20(24)18-21-12-10-14-25(21)29/h6-14,17,21H,1-2,15-16,18H2,3-5H3. The first-order valence-corrected chi connectivity index (χ1v) is 10.8. The Kier molecular flexibility index (Phi) is 3.94. The van der Waals surface area contributed by atoms with E-state index in [1.807, 2.05) is 0 Å². The molecule has 0 nitrogen and oxygen atoms in total. The van der Waals surface area contributed by atoms with Gasteiger partial charge < -0.3 is 0 Å². The van der Waals surface area contributed by atoms with Crippen LogP contribution in [-0.4, -0.2) is 0 Å². The van der Waals surface area contributed by atoms with Gasteiger partial charge in [0.05, 0.1) is 5.41 Å². The molecular weight excluding hydrogens is 348 g/mol. The maximum Gasteiger partial charge on any atom is 0.0641 e. The van der Waals surface area contributed by atoms with Crippen molar-refractivity contribution in [3.05, 3.63) is 118 Å². The lowest BCUT2D eigenvalue weighted by atomic mass is 9.48. The highest BCUT2D eigenvalue weighted by Gasteiger charge is 2.54. The molecule has 1 aromatic carbocycles. The Balaban J connectivity index is 1.98. The smallest absolute Gasteiger partial charge is 0.0641 e. The lowest BCUT2D eigenvalue weighted by Gasteiger charge is -2.54. The predicted molar refractivity (Wildman–Crippen MR) is 124 cm³/mol. The fraction of sp³-hybridized carbons (Fsp3) is 0.310. The van der Waals surface area contributed by atoms with E-state index in [2.05, 4.69) is 94.7 Å². The van der Waals surface area contributed by atoms with Gasteiger partial charge in [-0.1, -0.05) is 93.3 Å². The minimum Gasteiger partial charge on any atom is -0.0987 e. The van der Waals surface area contributed by atoms with Gasteiger partial charge in [0.15, 0.2) is 0 Å². The number of benzene rings is 1. The molecule has 1 aromatic rings. The first kappa shape index (κ1) is 18.4. The third-order valence-corrected chi connectivity index (χ3v) is 7.70. The van der Waals surface area contributed by atoms with Crippen LogP contribution in [0.2, 0.25) is 0 Å². The molecule has 0 radical (unpaired) electrons. The van der Waals surface area contributed by atoms with Crippen molar-refractivity contribution in [2.75, 3.05) is 0 Å². The lowest BCUT2D eigenvalue weighted by molar-refractivity contribution is 0.457. The van der Waals surface area contributed by atoms with Crippen LogP contribution >= 0.6 is 0 Å². The van der Waals surface area contributed by atoms with Gasteiger partial charge in [-0.05, 0) is 65.2 Å². The number of fused-ring (bicyclic) bond motifs is 5. The summed E-state index contributed by atoms with van der Waals surface area (Å²) in [5.41, 5.74) is 11.4. The summed E-state index contributed by atoms with van der Waals surface area (Å²) in [6.45, 7) is 15.6. The molecule has 146 valence electrons. The Bertz CT molecular complexity index is 1090. The molecule has 5 rings (SSSR count). The Hall–Kier alpha value is -2.60. The number of hydrogen-bond acceptors (Lipinski definition) is 0. The molecule has 2 unspecified atom stereocenters. The van der Waals surface area contributed by atoms with Crippen molar-refractivity contribution in [1.82, 2.24) is 0 Å². The Labute approximate surface area is 175 Å². The van der Waals surface area contributed by atoms with Crippen molar-refractivity contribution < 1.29 is 0 Å². The largest absolute Gasteiger partial charge is 0.0987 e. The van der Waals surface area contributed by atoms with Crippen LogP contribution in [0.1, 0.15) is 44.7 Å². The predicted octanol–water partition coefficient (Wildman–Crippen LogP) is 7.34. The van der Waals surface area contributed by atoms with Crippen LogP contribution in [0.5, 0.6) is 0 Å². The van der Waals surface area contributed by atoms with Crippen LogP contribution in [-0.2, 0) is 11.8 Å². The van der Waals surface area contributed by atoms with Crippen LogP contribution in [0.3, 0.4) is 0 Å². The lowest BCUT2D eigenvalue weighted by Crippen LogP contribution is -2.46. The van der Waals surface area contributed by atoms with E-state index in [1.165, 1.54) is 39.0 Å². The molecule has 0 heterocycles. The van der Waals surface area contributed by atoms with E-state index in [0.717, 1.165) is 19.3 Å². The third-order valence-electron chi connectivity index (χ3n) is 7.70. The number of rotatable bonds is 2. The van der Waals surface area contributed by atoms with Gasteiger partial charge in [-0.2, -0.15) is 0 Å². The van der Waals surface area contributed by atoms with E-state index >= 15 is 0 Å². The highest BCUT2D eigenvalue weighted by atomic mass is 14.6. The quantitative estimate of drug-likeness (QED) is 0.505. The normalized spacial score (nSPS) is 29.1. The van der Waals surface area contributed by atoms with Crippen molar-refractivity contribution in [2.24, 2.45) is 11.3 Å². The minimum absolute atomic E-state index is 0.0674. The fourth-order valence-corrected chi connectivity index (χ4v) is 6.48. The first-order valence-electron chi connectivity index (χ1n) is 10.8. The van der Waals surface area contributed by atoms with Crippen LogP contribution in [0, 0.1) is 11.3 Å². The van der Waals surface area contributed by atoms with E-state index in [4.69, 9.17) is 0 Å². The zero-order valence-electron chi connectivity index (χ0n) is 17.9. The van der Waals surface area contributed by atoms with E-state index in [0.29, 0.717) is 5.92 Å². The van der Waals surface area contributed by atoms with Gasteiger partial charge in [-0.25, -0.2) is 0 Å². The molecule has 1 spiro atoms. The number of hydrogen-bond donors (Lipinski definition) is 0. The molecule has 0 amide bonds.